The quantitative estimate of drug-likeness (QED) is 0.858. The maximum Gasteiger partial charge on any atom is 0.237 e. The molecule has 7 heteroatoms. The van der Waals surface area contributed by atoms with Crippen molar-refractivity contribution >= 4 is 15.9 Å². The van der Waals surface area contributed by atoms with Gasteiger partial charge in [0.15, 0.2) is 0 Å². The Hall–Kier alpha value is -1.37. The van der Waals surface area contributed by atoms with Gasteiger partial charge in [-0.1, -0.05) is 0 Å². The molecule has 1 amide bonds. The number of aromatic nitrogens is 2. The van der Waals surface area contributed by atoms with Gasteiger partial charge in [0.25, 0.3) is 0 Å². The van der Waals surface area contributed by atoms with Crippen molar-refractivity contribution < 1.29 is 13.2 Å². The number of carbonyl (C=O) groups is 1. The van der Waals surface area contributed by atoms with Crippen molar-refractivity contribution in [1.82, 2.24) is 14.5 Å². The Morgan fingerprint density at radius 3 is 2.72 bits per heavy atom. The lowest BCUT2D eigenvalue weighted by atomic mass is 10.2. The van der Waals surface area contributed by atoms with Crippen molar-refractivity contribution in [2.45, 2.75) is 31.4 Å². The fraction of sp³-hybridized carbons (Fsp3) is 0.636. The fourth-order valence-electron chi connectivity index (χ4n) is 1.82. The van der Waals surface area contributed by atoms with E-state index in [-0.39, 0.29) is 11.8 Å². The molecule has 1 saturated carbocycles. The summed E-state index contributed by atoms with van der Waals surface area (Å²) in [6, 6.07) is 0. The Labute approximate surface area is 106 Å². The maximum absolute atomic E-state index is 11.8. The second-order valence-corrected chi connectivity index (χ2v) is 7.19. The van der Waals surface area contributed by atoms with Crippen molar-refractivity contribution in [2.24, 2.45) is 13.0 Å². The highest BCUT2D eigenvalue weighted by Gasteiger charge is 2.45. The third kappa shape index (κ3) is 2.55. The Bertz CT molecular complexity index is 562. The molecule has 0 saturated heterocycles. The van der Waals surface area contributed by atoms with Crippen LogP contribution in [0.25, 0.3) is 0 Å². The number of rotatable bonds is 4. The lowest BCUT2D eigenvalue weighted by Gasteiger charge is -2.08. The highest BCUT2D eigenvalue weighted by molar-refractivity contribution is 7.90. The standard InChI is InChI=1S/C11H17N3O3S/c1-7(2)18(16,17)13-11(15)10-4-9(10)8-5-12-14(3)6-8/h5-7,9-10H,4H2,1-3H3,(H,13,15)/t9-,10+/m1/s1. The summed E-state index contributed by atoms with van der Waals surface area (Å²) in [6.07, 6.45) is 4.26. The number of nitrogens with one attached hydrogen (secondary N) is 1. The van der Waals surface area contributed by atoms with E-state index in [9.17, 15) is 13.2 Å². The van der Waals surface area contributed by atoms with E-state index in [1.165, 1.54) is 0 Å². The summed E-state index contributed by atoms with van der Waals surface area (Å²) in [6.45, 7) is 3.09. The first kappa shape index (κ1) is 13.1. The van der Waals surface area contributed by atoms with Crippen LogP contribution in [0.5, 0.6) is 0 Å². The van der Waals surface area contributed by atoms with Gasteiger partial charge in [-0.05, 0) is 31.7 Å². The van der Waals surface area contributed by atoms with E-state index >= 15 is 0 Å². The lowest BCUT2D eigenvalue weighted by molar-refractivity contribution is -0.120. The molecule has 0 radical (unpaired) electrons. The minimum Gasteiger partial charge on any atom is -0.276 e. The second kappa shape index (κ2) is 4.38. The number of hydrogen-bond acceptors (Lipinski definition) is 4. The molecular weight excluding hydrogens is 254 g/mol. The van der Waals surface area contributed by atoms with Crippen molar-refractivity contribution in [1.29, 1.82) is 0 Å². The van der Waals surface area contributed by atoms with Crippen LogP contribution in [0.1, 0.15) is 31.7 Å². The molecule has 0 aliphatic heterocycles. The van der Waals surface area contributed by atoms with Gasteiger partial charge in [-0.2, -0.15) is 5.10 Å². The highest BCUT2D eigenvalue weighted by Crippen LogP contribution is 2.47. The van der Waals surface area contributed by atoms with Crippen molar-refractivity contribution in [2.75, 3.05) is 0 Å². The van der Waals surface area contributed by atoms with Crippen LogP contribution in [0.3, 0.4) is 0 Å². The molecule has 1 fully saturated rings. The summed E-state index contributed by atoms with van der Waals surface area (Å²) in [7, 11) is -1.71. The average molecular weight is 271 g/mol. The van der Waals surface area contributed by atoms with Crippen LogP contribution < -0.4 is 4.72 Å². The first-order valence-electron chi connectivity index (χ1n) is 5.85. The predicted octanol–water partition coefficient (Wildman–Crippen LogP) is 0.378. The molecule has 1 aliphatic rings. The van der Waals surface area contributed by atoms with Crippen LogP contribution in [-0.4, -0.2) is 29.4 Å². The van der Waals surface area contributed by atoms with E-state index < -0.39 is 21.2 Å². The van der Waals surface area contributed by atoms with E-state index in [0.29, 0.717) is 6.42 Å². The minimum absolute atomic E-state index is 0.0982. The van der Waals surface area contributed by atoms with Gasteiger partial charge in [0.05, 0.1) is 11.4 Å². The maximum atomic E-state index is 11.8. The SMILES string of the molecule is CC(C)S(=O)(=O)NC(=O)[C@H]1C[C@@H]1c1cnn(C)c1. The molecule has 18 heavy (non-hydrogen) atoms. The molecule has 1 heterocycles. The van der Waals surface area contributed by atoms with Crippen LogP contribution in [-0.2, 0) is 21.9 Å². The van der Waals surface area contributed by atoms with Gasteiger partial charge >= 0.3 is 0 Å². The normalized spacial score (nSPS) is 23.1. The Morgan fingerprint density at radius 2 is 2.22 bits per heavy atom. The molecule has 2 atom stereocenters. The van der Waals surface area contributed by atoms with Crippen LogP contribution in [0.2, 0.25) is 0 Å². The smallest absolute Gasteiger partial charge is 0.237 e. The van der Waals surface area contributed by atoms with Crippen molar-refractivity contribution in [3.63, 3.8) is 0 Å². The molecule has 0 spiro atoms. The second-order valence-electron chi connectivity index (χ2n) is 4.96. The topological polar surface area (TPSA) is 81.1 Å². The van der Waals surface area contributed by atoms with Crippen LogP contribution >= 0.6 is 0 Å². The van der Waals surface area contributed by atoms with E-state index in [0.717, 1.165) is 5.56 Å². The van der Waals surface area contributed by atoms with Crippen LogP contribution in [0.4, 0.5) is 0 Å². The van der Waals surface area contributed by atoms with Crippen LogP contribution in [0, 0.1) is 5.92 Å². The summed E-state index contributed by atoms with van der Waals surface area (Å²) in [5.41, 5.74) is 0.986. The van der Waals surface area contributed by atoms with Gasteiger partial charge in [-0.3, -0.25) is 14.2 Å². The summed E-state index contributed by atoms with van der Waals surface area (Å²) < 4.78 is 26.9. The third-order valence-electron chi connectivity index (χ3n) is 3.14. The Balaban J connectivity index is 1.98. The fourth-order valence-corrected chi connectivity index (χ4v) is 2.49. The first-order valence-corrected chi connectivity index (χ1v) is 7.40. The minimum atomic E-state index is -3.52. The van der Waals surface area contributed by atoms with Crippen LogP contribution in [0.15, 0.2) is 12.4 Å². The van der Waals surface area contributed by atoms with Gasteiger partial charge in [0.2, 0.25) is 15.9 Å². The summed E-state index contributed by atoms with van der Waals surface area (Å²) in [5, 5.41) is 3.44. The van der Waals surface area contributed by atoms with Gasteiger partial charge in [-0.15, -0.1) is 0 Å². The van der Waals surface area contributed by atoms with E-state index in [1.54, 1.807) is 24.7 Å². The van der Waals surface area contributed by atoms with E-state index in [4.69, 9.17) is 0 Å². The zero-order chi connectivity index (χ0) is 13.5. The molecule has 2 rings (SSSR count). The highest BCUT2D eigenvalue weighted by atomic mass is 32.2. The van der Waals surface area contributed by atoms with Gasteiger partial charge in [0.1, 0.15) is 0 Å². The molecule has 1 aromatic rings. The van der Waals surface area contributed by atoms with Gasteiger partial charge in [-0.25, -0.2) is 8.42 Å². The van der Waals surface area contributed by atoms with E-state index in [1.807, 2.05) is 13.2 Å². The summed E-state index contributed by atoms with van der Waals surface area (Å²) in [5.74, 6) is -0.554. The predicted molar refractivity (Wildman–Crippen MR) is 66.3 cm³/mol. The number of aryl methyl sites for hydroxylation is 1. The van der Waals surface area contributed by atoms with Gasteiger partial charge < -0.3 is 0 Å². The Kier molecular flexibility index (Phi) is 3.18. The zero-order valence-corrected chi connectivity index (χ0v) is 11.4. The molecule has 0 bridgehead atoms. The number of sulfonamides is 1. The summed E-state index contributed by atoms with van der Waals surface area (Å²) >= 11 is 0. The number of nitrogens with zero attached hydrogens (tertiary/aromatic N) is 2. The third-order valence-corrected chi connectivity index (χ3v) is 4.87. The molecule has 0 aromatic carbocycles. The van der Waals surface area contributed by atoms with Gasteiger partial charge in [0, 0.05) is 19.2 Å². The van der Waals surface area contributed by atoms with Crippen molar-refractivity contribution in [3.05, 3.63) is 18.0 Å². The summed E-state index contributed by atoms with van der Waals surface area (Å²) in [4.78, 5) is 11.8. The lowest BCUT2D eigenvalue weighted by Crippen LogP contribution is -2.36. The van der Waals surface area contributed by atoms with Crippen molar-refractivity contribution in [3.8, 4) is 0 Å². The molecule has 6 nitrogen and oxygen atoms in total. The van der Waals surface area contributed by atoms with E-state index in [2.05, 4.69) is 9.82 Å². The Morgan fingerprint density at radius 1 is 1.56 bits per heavy atom. The monoisotopic (exact) mass is 271 g/mol. The first-order chi connectivity index (χ1) is 8.31. The average Bonchev–Trinajstić information content (AvgIpc) is 2.94. The number of amides is 1. The molecular formula is C11H17N3O3S. The largest absolute Gasteiger partial charge is 0.276 e. The number of carbonyl (C=O) groups excluding carboxylic acids is 1. The molecule has 0 unspecified atom stereocenters. The molecule has 1 aromatic heterocycles. The zero-order valence-electron chi connectivity index (χ0n) is 10.6. The molecule has 1 N–H and O–H groups in total. The molecule has 100 valence electrons. The molecule has 1 aliphatic carbocycles. The number of hydrogen-bond donors (Lipinski definition) is 1.